The monoisotopic (exact) mass is 312 g/mol. The molecule has 0 spiro atoms. The number of nitrogens with one attached hydrogen (secondary N) is 3. The summed E-state index contributed by atoms with van der Waals surface area (Å²) in [7, 11) is -3.77. The Morgan fingerprint density at radius 1 is 1.43 bits per heavy atom. The third-order valence-electron chi connectivity index (χ3n) is 2.79. The second-order valence-electron chi connectivity index (χ2n) is 4.44. The Morgan fingerprint density at radius 3 is 2.76 bits per heavy atom. The van der Waals surface area contributed by atoms with Crippen molar-refractivity contribution < 1.29 is 17.6 Å². The van der Waals surface area contributed by atoms with Crippen molar-refractivity contribution in [2.45, 2.75) is 25.3 Å². The minimum atomic E-state index is -3.77. The van der Waals surface area contributed by atoms with Crippen LogP contribution in [0, 0.1) is 13.8 Å². The second-order valence-corrected chi connectivity index (χ2v) is 6.15. The summed E-state index contributed by atoms with van der Waals surface area (Å²) in [6.45, 7) is 3.03. The van der Waals surface area contributed by atoms with Crippen LogP contribution in [-0.2, 0) is 21.4 Å². The Hall–Kier alpha value is -2.13. The number of aryl methyl sites for hydroxylation is 2. The lowest BCUT2D eigenvalue weighted by Crippen LogP contribution is -2.36. The molecule has 2 aromatic rings. The van der Waals surface area contributed by atoms with Gasteiger partial charge in [-0.05, 0) is 26.0 Å². The Balaban J connectivity index is 1.91. The van der Waals surface area contributed by atoms with Gasteiger partial charge < -0.3 is 9.73 Å². The summed E-state index contributed by atoms with van der Waals surface area (Å²) < 4.78 is 31.5. The van der Waals surface area contributed by atoms with Gasteiger partial charge in [-0.3, -0.25) is 9.89 Å². The minimum Gasteiger partial charge on any atom is -0.467 e. The normalized spacial score (nSPS) is 11.5. The summed E-state index contributed by atoms with van der Waals surface area (Å²) in [5.74, 6) is 0.140. The van der Waals surface area contributed by atoms with E-state index < -0.39 is 15.9 Å². The van der Waals surface area contributed by atoms with Gasteiger partial charge in [0.2, 0.25) is 15.9 Å². The molecule has 0 aliphatic carbocycles. The fourth-order valence-electron chi connectivity index (χ4n) is 1.83. The second kappa shape index (κ2) is 6.10. The molecule has 21 heavy (non-hydrogen) atoms. The third kappa shape index (κ3) is 3.70. The average Bonchev–Trinajstić information content (AvgIpc) is 3.04. The molecule has 8 nitrogen and oxygen atoms in total. The van der Waals surface area contributed by atoms with E-state index in [1.54, 1.807) is 26.0 Å². The number of carbonyl (C=O) groups is 1. The third-order valence-corrected chi connectivity index (χ3v) is 4.46. The topological polar surface area (TPSA) is 117 Å². The first kappa shape index (κ1) is 15.3. The molecule has 0 saturated heterocycles. The van der Waals surface area contributed by atoms with Gasteiger partial charge in [-0.25, -0.2) is 13.1 Å². The van der Waals surface area contributed by atoms with Crippen LogP contribution in [0.15, 0.2) is 27.7 Å². The van der Waals surface area contributed by atoms with Crippen LogP contribution in [0.3, 0.4) is 0 Å². The first-order valence-electron chi connectivity index (χ1n) is 6.20. The van der Waals surface area contributed by atoms with Gasteiger partial charge in [-0.1, -0.05) is 0 Å². The zero-order chi connectivity index (χ0) is 15.5. The average molecular weight is 312 g/mol. The van der Waals surface area contributed by atoms with Crippen molar-refractivity contribution >= 4 is 15.9 Å². The number of amides is 1. The summed E-state index contributed by atoms with van der Waals surface area (Å²) in [5.41, 5.74) is 0.784. The van der Waals surface area contributed by atoms with Crippen LogP contribution >= 0.6 is 0 Å². The molecular weight excluding hydrogens is 296 g/mol. The molecule has 0 atom stereocenters. The molecule has 0 unspecified atom stereocenters. The van der Waals surface area contributed by atoms with Crippen molar-refractivity contribution in [2.24, 2.45) is 0 Å². The van der Waals surface area contributed by atoms with Crippen LogP contribution in [0.25, 0.3) is 0 Å². The number of hydrogen-bond donors (Lipinski definition) is 3. The molecule has 0 aliphatic rings. The smallest absolute Gasteiger partial charge is 0.244 e. The largest absolute Gasteiger partial charge is 0.467 e. The highest BCUT2D eigenvalue weighted by molar-refractivity contribution is 7.89. The lowest BCUT2D eigenvalue weighted by Gasteiger charge is -2.07. The number of aromatic amines is 1. The molecule has 0 radical (unpaired) electrons. The van der Waals surface area contributed by atoms with Crippen LogP contribution in [0.4, 0.5) is 0 Å². The van der Waals surface area contributed by atoms with Crippen LogP contribution < -0.4 is 10.0 Å². The van der Waals surface area contributed by atoms with Crippen molar-refractivity contribution in [3.05, 3.63) is 35.5 Å². The van der Waals surface area contributed by atoms with Crippen LogP contribution in [0.2, 0.25) is 0 Å². The van der Waals surface area contributed by atoms with E-state index in [1.165, 1.54) is 6.26 Å². The molecule has 2 rings (SSSR count). The fraction of sp³-hybridized carbons (Fsp3) is 0.333. The molecule has 114 valence electrons. The summed E-state index contributed by atoms with van der Waals surface area (Å²) in [6, 6.07) is 3.41. The SMILES string of the molecule is Cc1n[nH]c(C)c1S(=O)(=O)NCC(=O)NCc1ccco1. The maximum atomic E-state index is 12.1. The van der Waals surface area contributed by atoms with Crippen LogP contribution in [0.5, 0.6) is 0 Å². The highest BCUT2D eigenvalue weighted by atomic mass is 32.2. The summed E-state index contributed by atoms with van der Waals surface area (Å²) in [5, 5.41) is 8.96. The molecule has 9 heteroatoms. The van der Waals surface area contributed by atoms with E-state index in [4.69, 9.17) is 4.42 Å². The first-order chi connectivity index (χ1) is 9.90. The minimum absolute atomic E-state index is 0.0707. The van der Waals surface area contributed by atoms with E-state index in [0.29, 0.717) is 17.1 Å². The molecule has 2 aromatic heterocycles. The molecule has 3 N–H and O–H groups in total. The zero-order valence-electron chi connectivity index (χ0n) is 11.6. The van der Waals surface area contributed by atoms with Crippen molar-refractivity contribution in [1.82, 2.24) is 20.2 Å². The van der Waals surface area contributed by atoms with Gasteiger partial charge in [-0.2, -0.15) is 5.10 Å². The highest BCUT2D eigenvalue weighted by Crippen LogP contribution is 2.15. The number of furan rings is 1. The van der Waals surface area contributed by atoms with Gasteiger partial charge in [0.25, 0.3) is 0 Å². The zero-order valence-corrected chi connectivity index (χ0v) is 12.5. The highest BCUT2D eigenvalue weighted by Gasteiger charge is 2.22. The van der Waals surface area contributed by atoms with Gasteiger partial charge in [0, 0.05) is 0 Å². The van der Waals surface area contributed by atoms with E-state index in [2.05, 4.69) is 20.2 Å². The summed E-state index contributed by atoms with van der Waals surface area (Å²) in [6.07, 6.45) is 1.49. The lowest BCUT2D eigenvalue weighted by molar-refractivity contribution is -0.120. The molecule has 0 fully saturated rings. The van der Waals surface area contributed by atoms with Crippen molar-refractivity contribution in [2.75, 3.05) is 6.54 Å². The molecule has 1 amide bonds. The molecular formula is C12H16N4O4S. The standard InChI is InChI=1S/C12H16N4O4S/c1-8-12(9(2)16-15-8)21(18,19)14-7-11(17)13-6-10-4-3-5-20-10/h3-5,14H,6-7H2,1-2H3,(H,13,17)(H,15,16). The first-order valence-corrected chi connectivity index (χ1v) is 7.69. The predicted octanol–water partition coefficient (Wildman–Crippen LogP) is 0.214. The van der Waals surface area contributed by atoms with Gasteiger partial charge in [0.15, 0.2) is 0 Å². The maximum absolute atomic E-state index is 12.1. The predicted molar refractivity (Wildman–Crippen MR) is 73.8 cm³/mol. The lowest BCUT2D eigenvalue weighted by atomic mass is 10.4. The molecule has 2 heterocycles. The van der Waals surface area contributed by atoms with Crippen molar-refractivity contribution in [3.8, 4) is 0 Å². The van der Waals surface area contributed by atoms with E-state index in [0.717, 1.165) is 0 Å². The Labute approximate surface area is 122 Å². The maximum Gasteiger partial charge on any atom is 0.244 e. The summed E-state index contributed by atoms with van der Waals surface area (Å²) >= 11 is 0. The number of sulfonamides is 1. The van der Waals surface area contributed by atoms with E-state index >= 15 is 0 Å². The number of rotatable bonds is 6. The van der Waals surface area contributed by atoms with Crippen molar-refractivity contribution in [3.63, 3.8) is 0 Å². The van der Waals surface area contributed by atoms with Gasteiger partial charge in [0.05, 0.1) is 30.7 Å². The Bertz CT molecular complexity index is 699. The van der Waals surface area contributed by atoms with E-state index in [9.17, 15) is 13.2 Å². The summed E-state index contributed by atoms with van der Waals surface area (Å²) in [4.78, 5) is 11.7. The van der Waals surface area contributed by atoms with Crippen molar-refractivity contribution in [1.29, 1.82) is 0 Å². The van der Waals surface area contributed by atoms with Crippen LogP contribution in [-0.4, -0.2) is 31.1 Å². The van der Waals surface area contributed by atoms with E-state index in [-0.39, 0.29) is 18.0 Å². The molecule has 0 bridgehead atoms. The number of aromatic nitrogens is 2. The van der Waals surface area contributed by atoms with Gasteiger partial charge in [-0.15, -0.1) is 0 Å². The van der Waals surface area contributed by atoms with E-state index in [1.807, 2.05) is 0 Å². The van der Waals surface area contributed by atoms with Gasteiger partial charge in [0.1, 0.15) is 10.7 Å². The van der Waals surface area contributed by atoms with Crippen LogP contribution in [0.1, 0.15) is 17.1 Å². The molecule has 0 aromatic carbocycles. The quantitative estimate of drug-likeness (QED) is 0.705. The number of H-pyrrole nitrogens is 1. The molecule has 0 aliphatic heterocycles. The fourth-order valence-corrected chi connectivity index (χ4v) is 3.18. The number of nitrogens with zero attached hydrogens (tertiary/aromatic N) is 1. The molecule has 0 saturated carbocycles. The number of hydrogen-bond acceptors (Lipinski definition) is 5. The van der Waals surface area contributed by atoms with Gasteiger partial charge >= 0.3 is 0 Å². The number of carbonyl (C=O) groups excluding carboxylic acids is 1. The Kier molecular flexibility index (Phi) is 4.43. The Morgan fingerprint density at radius 2 is 2.19 bits per heavy atom.